The van der Waals surface area contributed by atoms with Crippen molar-refractivity contribution in [1.82, 2.24) is 14.9 Å². The molecule has 0 fully saturated rings. The minimum atomic E-state index is -0.312. The molecule has 2 heterocycles. The van der Waals surface area contributed by atoms with Gasteiger partial charge in [0.2, 0.25) is 5.91 Å². The molecule has 0 unspecified atom stereocenters. The number of nitrogens with one attached hydrogen (secondary N) is 1. The standard InChI is InChI=1S/C20H22N4O4/c1-4-28-20-21-12(2)17(13(3)22-20)23-16(25)10-7-11-24-18(26)14-8-5-6-9-15(14)19(24)27/h5-6,8-9H,4,7,10-11H2,1-3H3,(H,23,25). The van der Waals surface area contributed by atoms with E-state index in [1.54, 1.807) is 38.1 Å². The van der Waals surface area contributed by atoms with Crippen molar-refractivity contribution in [3.8, 4) is 6.01 Å². The van der Waals surface area contributed by atoms with Crippen LogP contribution >= 0.6 is 0 Å². The predicted octanol–water partition coefficient (Wildman–Crippen LogP) is 2.51. The van der Waals surface area contributed by atoms with Crippen molar-refractivity contribution in [3.63, 3.8) is 0 Å². The van der Waals surface area contributed by atoms with E-state index in [4.69, 9.17) is 4.74 Å². The van der Waals surface area contributed by atoms with Crippen LogP contribution in [0.3, 0.4) is 0 Å². The minimum Gasteiger partial charge on any atom is -0.464 e. The Balaban J connectivity index is 1.56. The maximum atomic E-state index is 12.3. The van der Waals surface area contributed by atoms with Crippen LogP contribution in [0.1, 0.15) is 51.9 Å². The van der Waals surface area contributed by atoms with Gasteiger partial charge in [0, 0.05) is 13.0 Å². The van der Waals surface area contributed by atoms with Crippen LogP contribution in [0, 0.1) is 13.8 Å². The van der Waals surface area contributed by atoms with Gasteiger partial charge in [-0.1, -0.05) is 12.1 Å². The molecule has 0 radical (unpaired) electrons. The number of ether oxygens (including phenoxy) is 1. The molecule has 8 nitrogen and oxygen atoms in total. The maximum Gasteiger partial charge on any atom is 0.316 e. The van der Waals surface area contributed by atoms with Gasteiger partial charge in [-0.2, -0.15) is 9.97 Å². The van der Waals surface area contributed by atoms with Crippen LogP contribution in [0.5, 0.6) is 6.01 Å². The summed E-state index contributed by atoms with van der Waals surface area (Å²) in [5.41, 5.74) is 2.60. The highest BCUT2D eigenvalue weighted by Crippen LogP contribution is 2.23. The summed E-state index contributed by atoms with van der Waals surface area (Å²) in [5, 5.41) is 2.80. The van der Waals surface area contributed by atoms with Gasteiger partial charge < -0.3 is 10.1 Å². The zero-order chi connectivity index (χ0) is 20.3. The lowest BCUT2D eigenvalue weighted by molar-refractivity contribution is -0.116. The van der Waals surface area contributed by atoms with Gasteiger partial charge in [-0.05, 0) is 39.3 Å². The summed E-state index contributed by atoms with van der Waals surface area (Å²) in [4.78, 5) is 46.6. The number of hydrogen-bond donors (Lipinski definition) is 1. The van der Waals surface area contributed by atoms with E-state index in [0.717, 1.165) is 0 Å². The molecule has 1 aromatic carbocycles. The first-order valence-electron chi connectivity index (χ1n) is 9.15. The van der Waals surface area contributed by atoms with Crippen molar-refractivity contribution in [3.05, 3.63) is 46.8 Å². The molecule has 8 heteroatoms. The number of nitrogens with zero attached hydrogens (tertiary/aromatic N) is 3. The first-order valence-corrected chi connectivity index (χ1v) is 9.15. The summed E-state index contributed by atoms with van der Waals surface area (Å²) in [6.45, 7) is 6.04. The fraction of sp³-hybridized carbons (Fsp3) is 0.350. The Labute approximate surface area is 162 Å². The van der Waals surface area contributed by atoms with E-state index < -0.39 is 0 Å². The number of carbonyl (C=O) groups is 3. The first-order chi connectivity index (χ1) is 13.4. The fourth-order valence-electron chi connectivity index (χ4n) is 3.10. The van der Waals surface area contributed by atoms with Gasteiger partial charge in [-0.25, -0.2) is 0 Å². The molecule has 0 atom stereocenters. The van der Waals surface area contributed by atoms with Crippen molar-refractivity contribution in [2.75, 3.05) is 18.5 Å². The lowest BCUT2D eigenvalue weighted by atomic mass is 10.1. The Morgan fingerprint density at radius 2 is 1.64 bits per heavy atom. The second kappa shape index (κ2) is 8.16. The largest absolute Gasteiger partial charge is 0.464 e. The number of rotatable bonds is 7. The van der Waals surface area contributed by atoms with E-state index in [1.807, 2.05) is 6.92 Å². The summed E-state index contributed by atoms with van der Waals surface area (Å²) >= 11 is 0. The van der Waals surface area contributed by atoms with Crippen LogP contribution < -0.4 is 10.1 Å². The lowest BCUT2D eigenvalue weighted by Gasteiger charge is -2.14. The number of anilines is 1. The van der Waals surface area contributed by atoms with Gasteiger partial charge in [0.1, 0.15) is 0 Å². The number of hydrogen-bond acceptors (Lipinski definition) is 6. The predicted molar refractivity (Wildman–Crippen MR) is 102 cm³/mol. The number of carbonyl (C=O) groups excluding carboxylic acids is 3. The van der Waals surface area contributed by atoms with Gasteiger partial charge in [-0.15, -0.1) is 0 Å². The molecule has 0 spiro atoms. The van der Waals surface area contributed by atoms with E-state index >= 15 is 0 Å². The summed E-state index contributed by atoms with van der Waals surface area (Å²) in [6.07, 6.45) is 0.535. The number of fused-ring (bicyclic) bond motifs is 1. The Kier molecular flexibility index (Phi) is 5.67. The van der Waals surface area contributed by atoms with Crippen LogP contribution in [0.2, 0.25) is 0 Å². The van der Waals surface area contributed by atoms with Crippen molar-refractivity contribution in [1.29, 1.82) is 0 Å². The lowest BCUT2D eigenvalue weighted by Crippen LogP contribution is -2.31. The van der Waals surface area contributed by atoms with Crippen LogP contribution in [-0.2, 0) is 4.79 Å². The van der Waals surface area contributed by atoms with Crippen LogP contribution in [0.25, 0.3) is 0 Å². The monoisotopic (exact) mass is 382 g/mol. The Hall–Kier alpha value is -3.29. The molecule has 0 saturated carbocycles. The average molecular weight is 382 g/mol. The number of aryl methyl sites for hydroxylation is 2. The van der Waals surface area contributed by atoms with Gasteiger partial charge in [0.15, 0.2) is 0 Å². The second-order valence-corrected chi connectivity index (χ2v) is 6.44. The smallest absolute Gasteiger partial charge is 0.316 e. The van der Waals surface area contributed by atoms with Crippen LogP contribution in [-0.4, -0.2) is 45.7 Å². The molecule has 1 aliphatic heterocycles. The van der Waals surface area contributed by atoms with E-state index in [-0.39, 0.29) is 36.7 Å². The highest BCUT2D eigenvalue weighted by atomic mass is 16.5. The van der Waals surface area contributed by atoms with Crippen LogP contribution in [0.4, 0.5) is 5.69 Å². The Morgan fingerprint density at radius 3 is 2.18 bits per heavy atom. The minimum absolute atomic E-state index is 0.166. The molecule has 1 aromatic heterocycles. The van der Waals surface area contributed by atoms with E-state index in [1.165, 1.54) is 4.90 Å². The van der Waals surface area contributed by atoms with E-state index in [0.29, 0.717) is 41.2 Å². The highest BCUT2D eigenvalue weighted by molar-refractivity contribution is 6.21. The zero-order valence-electron chi connectivity index (χ0n) is 16.1. The molecule has 3 amide bonds. The highest BCUT2D eigenvalue weighted by Gasteiger charge is 2.34. The average Bonchev–Trinajstić information content (AvgIpc) is 2.90. The summed E-state index contributed by atoms with van der Waals surface area (Å²) in [6, 6.07) is 7.01. The molecule has 1 N–H and O–H groups in total. The first kappa shape index (κ1) is 19.5. The van der Waals surface area contributed by atoms with Gasteiger partial charge in [0.05, 0.1) is 34.8 Å². The third-order valence-electron chi connectivity index (χ3n) is 4.45. The topological polar surface area (TPSA) is 101 Å². The number of imide groups is 1. The Morgan fingerprint density at radius 1 is 1.07 bits per heavy atom. The van der Waals surface area contributed by atoms with Crippen LogP contribution in [0.15, 0.2) is 24.3 Å². The molecule has 0 aliphatic carbocycles. The molecule has 3 rings (SSSR count). The van der Waals surface area contributed by atoms with E-state index in [9.17, 15) is 14.4 Å². The zero-order valence-corrected chi connectivity index (χ0v) is 16.1. The number of benzene rings is 1. The molecule has 0 saturated heterocycles. The summed E-state index contributed by atoms with van der Waals surface area (Å²) in [5.74, 6) is -0.851. The molecule has 2 aromatic rings. The number of amides is 3. The Bertz CT molecular complexity index is 884. The van der Waals surface area contributed by atoms with Gasteiger partial charge >= 0.3 is 6.01 Å². The molecule has 146 valence electrons. The molecular weight excluding hydrogens is 360 g/mol. The molecular formula is C20H22N4O4. The van der Waals surface area contributed by atoms with Crippen molar-refractivity contribution >= 4 is 23.4 Å². The van der Waals surface area contributed by atoms with E-state index in [2.05, 4.69) is 15.3 Å². The summed E-state index contributed by atoms with van der Waals surface area (Å²) in [7, 11) is 0. The van der Waals surface area contributed by atoms with Gasteiger partial charge in [0.25, 0.3) is 11.8 Å². The second-order valence-electron chi connectivity index (χ2n) is 6.44. The van der Waals surface area contributed by atoms with Gasteiger partial charge in [-0.3, -0.25) is 19.3 Å². The molecule has 1 aliphatic rings. The number of aromatic nitrogens is 2. The van der Waals surface area contributed by atoms with Crippen molar-refractivity contribution in [2.24, 2.45) is 0 Å². The molecule has 0 bridgehead atoms. The summed E-state index contributed by atoms with van der Waals surface area (Å²) < 4.78 is 5.29. The normalized spacial score (nSPS) is 12.9. The third kappa shape index (κ3) is 3.85. The fourth-order valence-corrected chi connectivity index (χ4v) is 3.10. The third-order valence-corrected chi connectivity index (χ3v) is 4.45. The van der Waals surface area contributed by atoms with Crippen molar-refractivity contribution < 1.29 is 19.1 Å². The molecule has 28 heavy (non-hydrogen) atoms. The SMILES string of the molecule is CCOc1nc(C)c(NC(=O)CCCN2C(=O)c3ccccc3C2=O)c(C)n1. The maximum absolute atomic E-state index is 12.3. The quantitative estimate of drug-likeness (QED) is 0.739. The van der Waals surface area contributed by atoms with Crippen molar-refractivity contribution in [2.45, 2.75) is 33.6 Å².